The lowest BCUT2D eigenvalue weighted by Crippen LogP contribution is -2.20. The van der Waals surface area contributed by atoms with E-state index in [1.807, 2.05) is 28.8 Å². The van der Waals surface area contributed by atoms with Gasteiger partial charge in [-0.1, -0.05) is 41.6 Å². The van der Waals surface area contributed by atoms with Crippen LogP contribution >= 0.6 is 23.4 Å². The second-order valence-electron chi connectivity index (χ2n) is 6.46. The van der Waals surface area contributed by atoms with Crippen LogP contribution in [0.1, 0.15) is 5.56 Å². The van der Waals surface area contributed by atoms with Gasteiger partial charge in [-0.3, -0.25) is 14.3 Å². The first kappa shape index (κ1) is 21.7. The molecule has 0 saturated heterocycles. The molecule has 4 aromatic rings. The molecule has 0 aliphatic heterocycles. The van der Waals surface area contributed by atoms with E-state index >= 15 is 0 Å². The Kier molecular flexibility index (Phi) is 6.88. The summed E-state index contributed by atoms with van der Waals surface area (Å²) in [5.41, 5.74) is 4.30. The molecule has 0 unspecified atom stereocenters. The topological polar surface area (TPSA) is 85.1 Å². The van der Waals surface area contributed by atoms with Crippen molar-refractivity contribution in [2.24, 2.45) is 5.10 Å². The molecule has 0 aliphatic carbocycles. The van der Waals surface area contributed by atoms with Gasteiger partial charge in [0.05, 0.1) is 12.0 Å². The Morgan fingerprint density at radius 1 is 1.09 bits per heavy atom. The van der Waals surface area contributed by atoms with Crippen LogP contribution in [0.15, 0.2) is 83.3 Å². The lowest BCUT2D eigenvalue weighted by Gasteiger charge is -2.10. The van der Waals surface area contributed by atoms with Crippen molar-refractivity contribution in [1.82, 2.24) is 25.2 Å². The Morgan fingerprint density at radius 2 is 1.84 bits per heavy atom. The number of hydrazone groups is 1. The lowest BCUT2D eigenvalue weighted by molar-refractivity contribution is -0.118. The number of nitrogens with zero attached hydrogens (tertiary/aromatic N) is 5. The van der Waals surface area contributed by atoms with Crippen molar-refractivity contribution in [3.8, 4) is 17.1 Å². The van der Waals surface area contributed by atoms with Crippen molar-refractivity contribution in [2.45, 2.75) is 5.16 Å². The smallest absolute Gasteiger partial charge is 0.250 e. The van der Waals surface area contributed by atoms with E-state index < -0.39 is 5.82 Å². The summed E-state index contributed by atoms with van der Waals surface area (Å²) < 4.78 is 15.5. The number of aromatic nitrogens is 4. The van der Waals surface area contributed by atoms with Crippen molar-refractivity contribution >= 4 is 35.5 Å². The number of benzene rings is 2. The fourth-order valence-electron chi connectivity index (χ4n) is 2.79. The Hall–Kier alpha value is -3.56. The largest absolute Gasteiger partial charge is 0.272 e. The maximum absolute atomic E-state index is 13.6. The molecular formula is C22H16ClFN6OS. The van der Waals surface area contributed by atoms with Gasteiger partial charge < -0.3 is 0 Å². The molecule has 32 heavy (non-hydrogen) atoms. The van der Waals surface area contributed by atoms with Gasteiger partial charge >= 0.3 is 0 Å². The van der Waals surface area contributed by atoms with Crippen LogP contribution in [0.4, 0.5) is 4.39 Å². The average molecular weight is 467 g/mol. The van der Waals surface area contributed by atoms with Crippen molar-refractivity contribution < 1.29 is 9.18 Å². The Labute approximate surface area is 192 Å². The molecule has 0 spiro atoms. The summed E-state index contributed by atoms with van der Waals surface area (Å²) in [5.74, 6) is -0.134. The number of rotatable bonds is 7. The molecule has 160 valence electrons. The fourth-order valence-corrected chi connectivity index (χ4v) is 3.66. The molecule has 0 bridgehead atoms. The molecule has 4 rings (SSSR count). The van der Waals surface area contributed by atoms with E-state index in [9.17, 15) is 9.18 Å². The highest BCUT2D eigenvalue weighted by atomic mass is 35.5. The number of pyridine rings is 1. The highest BCUT2D eigenvalue weighted by molar-refractivity contribution is 7.99. The number of hydrogen-bond acceptors (Lipinski definition) is 6. The summed E-state index contributed by atoms with van der Waals surface area (Å²) in [6, 6.07) is 17.0. The van der Waals surface area contributed by atoms with Gasteiger partial charge in [-0.05, 0) is 42.5 Å². The summed E-state index contributed by atoms with van der Waals surface area (Å²) in [4.78, 5) is 16.3. The summed E-state index contributed by atoms with van der Waals surface area (Å²) in [7, 11) is 0. The van der Waals surface area contributed by atoms with E-state index in [0.29, 0.717) is 16.0 Å². The highest BCUT2D eigenvalue weighted by Crippen LogP contribution is 2.28. The van der Waals surface area contributed by atoms with Gasteiger partial charge in [-0.2, -0.15) is 5.10 Å². The van der Waals surface area contributed by atoms with Crippen molar-refractivity contribution in [3.63, 3.8) is 0 Å². The SMILES string of the molecule is O=C(CSc1nnc(-c2ccncc2)n1-c1ccc(Cl)cc1)N/N=C\c1ccccc1F. The van der Waals surface area contributed by atoms with E-state index in [0.717, 1.165) is 11.3 Å². The number of hydrogen-bond donors (Lipinski definition) is 1. The molecule has 0 aliphatic rings. The maximum atomic E-state index is 13.6. The monoisotopic (exact) mass is 466 g/mol. The second-order valence-corrected chi connectivity index (χ2v) is 7.84. The van der Waals surface area contributed by atoms with Gasteiger partial charge in [0.1, 0.15) is 5.82 Å². The zero-order valence-corrected chi connectivity index (χ0v) is 18.1. The second kappa shape index (κ2) is 10.2. The maximum Gasteiger partial charge on any atom is 0.250 e. The minimum atomic E-state index is -0.417. The molecule has 0 saturated carbocycles. The summed E-state index contributed by atoms with van der Waals surface area (Å²) in [6.07, 6.45) is 4.60. The molecule has 2 aromatic heterocycles. The van der Waals surface area contributed by atoms with Gasteiger partial charge in [-0.15, -0.1) is 10.2 Å². The number of thioether (sulfide) groups is 1. The first-order valence-corrected chi connectivity index (χ1v) is 10.8. The minimum Gasteiger partial charge on any atom is -0.272 e. The Bertz CT molecular complexity index is 1250. The van der Waals surface area contributed by atoms with Crippen LogP contribution in [0.25, 0.3) is 17.1 Å². The first-order chi connectivity index (χ1) is 15.6. The lowest BCUT2D eigenvalue weighted by atomic mass is 10.2. The zero-order chi connectivity index (χ0) is 22.3. The zero-order valence-electron chi connectivity index (χ0n) is 16.5. The number of halogens is 2. The van der Waals surface area contributed by atoms with Crippen molar-refractivity contribution in [1.29, 1.82) is 0 Å². The van der Waals surface area contributed by atoms with Crippen LogP contribution in [-0.4, -0.2) is 37.6 Å². The fraction of sp³-hybridized carbons (Fsp3) is 0.0455. The van der Waals surface area contributed by atoms with Gasteiger partial charge in [-0.25, -0.2) is 9.82 Å². The predicted octanol–water partition coefficient (Wildman–Crippen LogP) is 4.36. The molecule has 0 fully saturated rings. The molecule has 2 aromatic carbocycles. The Balaban J connectivity index is 1.51. The molecule has 10 heteroatoms. The van der Waals surface area contributed by atoms with E-state index in [4.69, 9.17) is 11.6 Å². The first-order valence-electron chi connectivity index (χ1n) is 9.43. The van der Waals surface area contributed by atoms with Gasteiger partial charge in [0.25, 0.3) is 5.91 Å². The quantitative estimate of drug-likeness (QED) is 0.248. The van der Waals surface area contributed by atoms with Crippen LogP contribution in [-0.2, 0) is 4.79 Å². The molecular weight excluding hydrogens is 451 g/mol. The molecule has 0 radical (unpaired) electrons. The number of carbonyl (C=O) groups excluding carboxylic acids is 1. The summed E-state index contributed by atoms with van der Waals surface area (Å²) in [6.45, 7) is 0. The third kappa shape index (κ3) is 5.19. The van der Waals surface area contributed by atoms with Crippen molar-refractivity contribution in [2.75, 3.05) is 5.75 Å². The van der Waals surface area contributed by atoms with Gasteiger partial charge in [0.15, 0.2) is 11.0 Å². The Morgan fingerprint density at radius 3 is 2.59 bits per heavy atom. The normalized spacial score (nSPS) is 11.1. The van der Waals surface area contributed by atoms with Gasteiger partial charge in [0, 0.05) is 34.2 Å². The summed E-state index contributed by atoms with van der Waals surface area (Å²) in [5, 5.41) is 13.5. The number of amides is 1. The molecule has 1 amide bonds. The highest BCUT2D eigenvalue weighted by Gasteiger charge is 2.17. The predicted molar refractivity (Wildman–Crippen MR) is 122 cm³/mol. The van der Waals surface area contributed by atoms with E-state index in [1.165, 1.54) is 24.0 Å². The third-order valence-corrected chi connectivity index (χ3v) is 5.47. The van der Waals surface area contributed by atoms with Crippen LogP contribution in [0.5, 0.6) is 0 Å². The standard InChI is InChI=1S/C22H16ClFN6OS/c23-17-5-7-18(8-6-17)30-21(15-9-11-25-12-10-15)28-29-22(30)32-14-20(31)27-26-13-16-3-1-2-4-19(16)24/h1-13H,14H2,(H,27,31)/b26-13-. The summed E-state index contributed by atoms with van der Waals surface area (Å²) >= 11 is 7.23. The van der Waals surface area contributed by atoms with Crippen LogP contribution in [0.3, 0.4) is 0 Å². The van der Waals surface area contributed by atoms with Crippen LogP contribution in [0.2, 0.25) is 5.02 Å². The van der Waals surface area contributed by atoms with E-state index in [-0.39, 0.29) is 17.2 Å². The molecule has 2 heterocycles. The van der Waals surface area contributed by atoms with Gasteiger partial charge in [0.2, 0.25) is 0 Å². The molecule has 0 atom stereocenters. The minimum absolute atomic E-state index is 0.0384. The van der Waals surface area contributed by atoms with E-state index in [1.54, 1.807) is 42.7 Å². The van der Waals surface area contributed by atoms with Crippen LogP contribution < -0.4 is 5.43 Å². The third-order valence-electron chi connectivity index (χ3n) is 4.29. The van der Waals surface area contributed by atoms with Crippen molar-refractivity contribution in [3.05, 3.63) is 89.5 Å². The van der Waals surface area contributed by atoms with Crippen LogP contribution in [0, 0.1) is 5.82 Å². The van der Waals surface area contributed by atoms with E-state index in [2.05, 4.69) is 25.7 Å². The number of carbonyl (C=O) groups is 1. The molecule has 1 N–H and O–H groups in total. The number of nitrogens with one attached hydrogen (secondary N) is 1. The average Bonchev–Trinajstić information content (AvgIpc) is 3.24. The molecule has 7 nitrogen and oxygen atoms in total.